The first-order valence-corrected chi connectivity index (χ1v) is 6.02. The molecule has 0 spiro atoms. The van der Waals surface area contributed by atoms with E-state index in [1.807, 2.05) is 6.92 Å². The molecule has 0 aromatic rings. The van der Waals surface area contributed by atoms with E-state index >= 15 is 0 Å². The third kappa shape index (κ3) is 8.29. The highest BCUT2D eigenvalue weighted by atomic mass is 16.5. The SMILES string of the molecule is CC[NH+](CC)CC#CC[C@H](C)OCCC#N. The van der Waals surface area contributed by atoms with Gasteiger partial charge in [-0.15, -0.1) is 0 Å². The van der Waals surface area contributed by atoms with E-state index in [0.29, 0.717) is 13.0 Å². The zero-order chi connectivity index (χ0) is 12.2. The summed E-state index contributed by atoms with van der Waals surface area (Å²) in [5.41, 5.74) is 0. The molecule has 0 aliphatic heterocycles. The van der Waals surface area contributed by atoms with Crippen molar-refractivity contribution >= 4 is 0 Å². The van der Waals surface area contributed by atoms with Crippen molar-refractivity contribution in [2.45, 2.75) is 39.7 Å². The van der Waals surface area contributed by atoms with Gasteiger partial charge in [0.2, 0.25) is 0 Å². The summed E-state index contributed by atoms with van der Waals surface area (Å²) in [6.07, 6.45) is 1.35. The molecule has 0 heterocycles. The van der Waals surface area contributed by atoms with Crippen molar-refractivity contribution < 1.29 is 9.64 Å². The van der Waals surface area contributed by atoms with Gasteiger partial charge < -0.3 is 9.64 Å². The molecule has 0 aliphatic carbocycles. The topological polar surface area (TPSA) is 37.5 Å². The van der Waals surface area contributed by atoms with Crippen molar-refractivity contribution in [3.05, 3.63) is 0 Å². The van der Waals surface area contributed by atoms with E-state index in [9.17, 15) is 0 Å². The smallest absolute Gasteiger partial charge is 0.139 e. The van der Waals surface area contributed by atoms with Crippen molar-refractivity contribution in [1.29, 1.82) is 5.26 Å². The van der Waals surface area contributed by atoms with E-state index in [0.717, 1.165) is 26.1 Å². The Labute approximate surface area is 99.4 Å². The summed E-state index contributed by atoms with van der Waals surface area (Å²) >= 11 is 0. The fourth-order valence-electron chi connectivity index (χ4n) is 1.27. The Morgan fingerprint density at radius 3 is 2.50 bits per heavy atom. The van der Waals surface area contributed by atoms with Gasteiger partial charge in [0.1, 0.15) is 6.54 Å². The van der Waals surface area contributed by atoms with Crippen LogP contribution in [0.3, 0.4) is 0 Å². The average Bonchev–Trinajstić information content (AvgIpc) is 2.30. The highest BCUT2D eigenvalue weighted by Crippen LogP contribution is 1.96. The molecule has 0 fully saturated rings. The molecule has 0 saturated heterocycles. The Bertz CT molecular complexity index is 255. The predicted octanol–water partition coefficient (Wildman–Crippen LogP) is 0.623. The number of nitrogens with one attached hydrogen (secondary N) is 1. The lowest BCUT2D eigenvalue weighted by atomic mass is 10.3. The summed E-state index contributed by atoms with van der Waals surface area (Å²) in [5.74, 6) is 6.31. The monoisotopic (exact) mass is 223 g/mol. The number of quaternary nitrogens is 1. The van der Waals surface area contributed by atoms with Crippen LogP contribution in [-0.2, 0) is 4.74 Å². The molecule has 0 unspecified atom stereocenters. The van der Waals surface area contributed by atoms with Gasteiger partial charge in [-0.3, -0.25) is 0 Å². The van der Waals surface area contributed by atoms with Crippen molar-refractivity contribution in [3.63, 3.8) is 0 Å². The molecule has 0 bridgehead atoms. The third-order valence-electron chi connectivity index (χ3n) is 2.47. The minimum absolute atomic E-state index is 0.132. The van der Waals surface area contributed by atoms with Crippen molar-refractivity contribution in [2.24, 2.45) is 0 Å². The molecule has 0 saturated carbocycles. The number of ether oxygens (including phenoxy) is 1. The largest absolute Gasteiger partial charge is 0.376 e. The van der Waals surface area contributed by atoms with Gasteiger partial charge in [-0.2, -0.15) is 5.26 Å². The third-order valence-corrected chi connectivity index (χ3v) is 2.47. The van der Waals surface area contributed by atoms with E-state index in [1.165, 1.54) is 4.90 Å². The predicted molar refractivity (Wildman–Crippen MR) is 64.9 cm³/mol. The maximum atomic E-state index is 8.35. The number of nitrogens with zero attached hydrogens (tertiary/aromatic N) is 1. The Balaban J connectivity index is 3.62. The van der Waals surface area contributed by atoms with Crippen LogP contribution in [0.2, 0.25) is 0 Å². The zero-order valence-electron chi connectivity index (χ0n) is 10.7. The summed E-state index contributed by atoms with van der Waals surface area (Å²) in [7, 11) is 0. The lowest BCUT2D eigenvalue weighted by Crippen LogP contribution is -3.11. The molecule has 0 radical (unpaired) electrons. The van der Waals surface area contributed by atoms with Crippen LogP contribution >= 0.6 is 0 Å². The van der Waals surface area contributed by atoms with Gasteiger partial charge >= 0.3 is 0 Å². The van der Waals surface area contributed by atoms with Gasteiger partial charge in [0.05, 0.1) is 38.3 Å². The van der Waals surface area contributed by atoms with Gasteiger partial charge in [0, 0.05) is 6.42 Å². The first kappa shape index (κ1) is 15.0. The van der Waals surface area contributed by atoms with Crippen LogP contribution in [0, 0.1) is 23.2 Å². The van der Waals surface area contributed by atoms with Crippen molar-refractivity contribution in [1.82, 2.24) is 0 Å². The number of hydrogen-bond donors (Lipinski definition) is 1. The lowest BCUT2D eigenvalue weighted by molar-refractivity contribution is -0.889. The summed E-state index contributed by atoms with van der Waals surface area (Å²) in [4.78, 5) is 1.51. The minimum atomic E-state index is 0.132. The van der Waals surface area contributed by atoms with Gasteiger partial charge in [0.15, 0.2) is 0 Å². The van der Waals surface area contributed by atoms with Crippen molar-refractivity contribution in [2.75, 3.05) is 26.2 Å². The van der Waals surface area contributed by atoms with E-state index in [2.05, 4.69) is 31.8 Å². The fourth-order valence-corrected chi connectivity index (χ4v) is 1.27. The van der Waals surface area contributed by atoms with Gasteiger partial charge in [-0.05, 0) is 26.7 Å². The molecule has 1 atom stereocenters. The Kier molecular flexibility index (Phi) is 9.81. The standard InChI is InChI=1S/C13H22N2O/c1-4-15(5-2)11-7-6-9-13(3)16-12-8-10-14/h13H,4-5,8-9,11-12H2,1-3H3/p+1/t13-/m0/s1. The van der Waals surface area contributed by atoms with E-state index in [-0.39, 0.29) is 6.10 Å². The molecule has 3 nitrogen and oxygen atoms in total. The molecule has 1 N–H and O–H groups in total. The maximum Gasteiger partial charge on any atom is 0.139 e. The van der Waals surface area contributed by atoms with Crippen molar-refractivity contribution in [3.8, 4) is 17.9 Å². The fraction of sp³-hybridized carbons (Fsp3) is 0.769. The maximum absolute atomic E-state index is 8.35. The molecule has 90 valence electrons. The molecule has 0 aromatic carbocycles. The second-order valence-electron chi connectivity index (χ2n) is 3.78. The van der Waals surface area contributed by atoms with E-state index in [1.54, 1.807) is 0 Å². The summed E-state index contributed by atoms with van der Waals surface area (Å²) in [5, 5.41) is 8.35. The van der Waals surface area contributed by atoms with E-state index in [4.69, 9.17) is 10.00 Å². The summed E-state index contributed by atoms with van der Waals surface area (Å²) < 4.78 is 5.41. The molecule has 0 rings (SSSR count). The zero-order valence-corrected chi connectivity index (χ0v) is 10.7. The Morgan fingerprint density at radius 1 is 1.25 bits per heavy atom. The first-order valence-electron chi connectivity index (χ1n) is 6.02. The average molecular weight is 223 g/mol. The molecule has 0 aliphatic rings. The van der Waals surface area contributed by atoms with Gasteiger partial charge in [-0.25, -0.2) is 0 Å². The van der Waals surface area contributed by atoms with Crippen LogP contribution in [0.25, 0.3) is 0 Å². The second-order valence-corrected chi connectivity index (χ2v) is 3.78. The van der Waals surface area contributed by atoms with Gasteiger partial charge in [0.25, 0.3) is 0 Å². The quantitative estimate of drug-likeness (QED) is 0.507. The summed E-state index contributed by atoms with van der Waals surface area (Å²) in [6.45, 7) is 10.0. The van der Waals surface area contributed by atoms with Crippen LogP contribution in [0.5, 0.6) is 0 Å². The number of rotatable bonds is 7. The highest BCUT2D eigenvalue weighted by Gasteiger charge is 1.99. The molecule has 0 aromatic heterocycles. The summed E-state index contributed by atoms with van der Waals surface area (Å²) in [6, 6.07) is 2.06. The second kappa shape index (κ2) is 10.5. The molecular weight excluding hydrogens is 200 g/mol. The lowest BCUT2D eigenvalue weighted by Gasteiger charge is -2.11. The van der Waals surface area contributed by atoms with Gasteiger partial charge in [-0.1, -0.05) is 5.92 Å². The van der Waals surface area contributed by atoms with E-state index < -0.39 is 0 Å². The number of nitriles is 1. The Morgan fingerprint density at radius 2 is 1.94 bits per heavy atom. The Hall–Kier alpha value is -1.03. The molecule has 3 heteroatoms. The minimum Gasteiger partial charge on any atom is -0.376 e. The molecule has 0 amide bonds. The van der Waals surface area contributed by atoms with Crippen LogP contribution in [-0.4, -0.2) is 32.3 Å². The van der Waals surface area contributed by atoms with Crippen LogP contribution in [0.15, 0.2) is 0 Å². The number of hydrogen-bond acceptors (Lipinski definition) is 2. The first-order chi connectivity index (χ1) is 7.74. The molecular formula is C13H23N2O+. The normalized spacial score (nSPS) is 11.7. The van der Waals surface area contributed by atoms with Crippen LogP contribution < -0.4 is 4.90 Å². The molecule has 16 heavy (non-hydrogen) atoms. The highest BCUT2D eigenvalue weighted by molar-refractivity contribution is 4.99. The van der Waals surface area contributed by atoms with Crippen LogP contribution in [0.4, 0.5) is 0 Å². The van der Waals surface area contributed by atoms with Crippen LogP contribution in [0.1, 0.15) is 33.6 Å².